The molecule has 3 rings (SSSR count). The van der Waals surface area contributed by atoms with Crippen molar-refractivity contribution in [3.63, 3.8) is 0 Å². The Labute approximate surface area is 138 Å². The summed E-state index contributed by atoms with van der Waals surface area (Å²) in [6, 6.07) is 5.03. The van der Waals surface area contributed by atoms with Crippen LogP contribution in [0.3, 0.4) is 0 Å². The Hall–Kier alpha value is -2.52. The third-order valence-electron chi connectivity index (χ3n) is 3.78. The molecule has 0 saturated carbocycles. The molecule has 1 saturated heterocycles. The highest BCUT2D eigenvalue weighted by molar-refractivity contribution is 6.40. The monoisotopic (exact) mass is 333 g/mol. The van der Waals surface area contributed by atoms with Gasteiger partial charge in [0.2, 0.25) is 0 Å². The predicted molar refractivity (Wildman–Crippen MR) is 85.3 cm³/mol. The maximum absolute atomic E-state index is 11.9. The van der Waals surface area contributed by atoms with E-state index in [1.807, 2.05) is 0 Å². The number of nitrogens with zero attached hydrogens (tertiary/aromatic N) is 3. The van der Waals surface area contributed by atoms with Crippen LogP contribution in [0, 0.1) is 0 Å². The average molecular weight is 333 g/mol. The summed E-state index contributed by atoms with van der Waals surface area (Å²) in [5.74, 6) is -1.41. The topological polar surface area (TPSA) is 110 Å². The van der Waals surface area contributed by atoms with E-state index in [1.165, 1.54) is 0 Å². The highest BCUT2D eigenvalue weighted by Crippen LogP contribution is 2.19. The van der Waals surface area contributed by atoms with Gasteiger partial charge in [-0.3, -0.25) is 14.5 Å². The molecule has 0 spiro atoms. The van der Waals surface area contributed by atoms with Crippen LogP contribution >= 0.6 is 0 Å². The highest BCUT2D eigenvalue weighted by atomic mass is 16.6. The van der Waals surface area contributed by atoms with E-state index in [0.717, 1.165) is 39.3 Å². The van der Waals surface area contributed by atoms with Crippen LogP contribution in [-0.2, 0) is 14.3 Å². The van der Waals surface area contributed by atoms with Crippen molar-refractivity contribution in [3.05, 3.63) is 18.2 Å². The number of hydrogen-bond donors (Lipinski definition) is 2. The van der Waals surface area contributed by atoms with E-state index >= 15 is 0 Å². The summed E-state index contributed by atoms with van der Waals surface area (Å²) in [5, 5.41) is 12.5. The second kappa shape index (κ2) is 7.84. The van der Waals surface area contributed by atoms with Gasteiger partial charge in [-0.25, -0.2) is 4.63 Å². The van der Waals surface area contributed by atoms with E-state index < -0.39 is 11.8 Å². The van der Waals surface area contributed by atoms with Crippen LogP contribution in [0.25, 0.3) is 11.0 Å². The molecule has 0 bridgehead atoms. The third-order valence-corrected chi connectivity index (χ3v) is 3.78. The molecule has 0 aliphatic carbocycles. The van der Waals surface area contributed by atoms with Crippen molar-refractivity contribution in [2.75, 3.05) is 44.7 Å². The number of fused-ring (bicyclic) bond motifs is 1. The maximum atomic E-state index is 11.9. The summed E-state index contributed by atoms with van der Waals surface area (Å²) >= 11 is 0. The SMILES string of the molecule is O=C(NCCCN1CCOCC1)C(=O)Nc1cccc2nonc12. The van der Waals surface area contributed by atoms with Crippen molar-refractivity contribution < 1.29 is 19.0 Å². The molecule has 1 aliphatic rings. The van der Waals surface area contributed by atoms with Gasteiger partial charge in [-0.05, 0) is 35.4 Å². The molecule has 2 amide bonds. The molecule has 9 heteroatoms. The molecule has 1 aliphatic heterocycles. The standard InChI is InChI=1S/C15H19N5O4/c21-14(16-5-2-6-20-7-9-23-10-8-20)15(22)17-11-3-1-4-12-13(11)19-24-18-12/h1,3-4H,2,5-10H2,(H,16,21)(H,17,22). The van der Waals surface area contributed by atoms with Gasteiger partial charge < -0.3 is 15.4 Å². The zero-order chi connectivity index (χ0) is 16.8. The van der Waals surface area contributed by atoms with Crippen molar-refractivity contribution in [1.29, 1.82) is 0 Å². The van der Waals surface area contributed by atoms with Crippen molar-refractivity contribution in [2.45, 2.75) is 6.42 Å². The minimum Gasteiger partial charge on any atom is -0.379 e. The summed E-state index contributed by atoms with van der Waals surface area (Å²) in [6.07, 6.45) is 0.780. The Morgan fingerprint density at radius 1 is 1.17 bits per heavy atom. The lowest BCUT2D eigenvalue weighted by Crippen LogP contribution is -2.39. The third kappa shape index (κ3) is 4.06. The fourth-order valence-electron chi connectivity index (χ4n) is 2.50. The Bertz CT molecular complexity index is 711. The first kappa shape index (κ1) is 16.3. The molecule has 1 fully saturated rings. The first-order valence-electron chi connectivity index (χ1n) is 7.84. The van der Waals surface area contributed by atoms with Gasteiger partial charge in [0, 0.05) is 19.6 Å². The van der Waals surface area contributed by atoms with Crippen LogP contribution in [0.15, 0.2) is 22.8 Å². The summed E-state index contributed by atoms with van der Waals surface area (Å²) in [7, 11) is 0. The minimum absolute atomic E-state index is 0.391. The molecule has 128 valence electrons. The number of anilines is 1. The van der Waals surface area contributed by atoms with Crippen LogP contribution in [0.4, 0.5) is 5.69 Å². The summed E-state index contributed by atoms with van der Waals surface area (Å²) in [5.41, 5.74) is 1.31. The minimum atomic E-state index is -0.739. The van der Waals surface area contributed by atoms with Crippen molar-refractivity contribution in [2.24, 2.45) is 0 Å². The second-order valence-corrected chi connectivity index (χ2v) is 5.46. The van der Waals surface area contributed by atoms with Gasteiger partial charge in [-0.1, -0.05) is 6.07 Å². The molecule has 0 unspecified atom stereocenters. The number of morpholine rings is 1. The molecule has 2 heterocycles. The number of carbonyl (C=O) groups is 2. The average Bonchev–Trinajstić information content (AvgIpc) is 3.09. The van der Waals surface area contributed by atoms with Gasteiger partial charge in [-0.2, -0.15) is 0 Å². The van der Waals surface area contributed by atoms with Crippen LogP contribution in [0.2, 0.25) is 0 Å². The molecule has 2 aromatic rings. The summed E-state index contributed by atoms with van der Waals surface area (Å²) in [4.78, 5) is 26.1. The molecule has 24 heavy (non-hydrogen) atoms. The van der Waals surface area contributed by atoms with Crippen LogP contribution in [0.1, 0.15) is 6.42 Å². The largest absolute Gasteiger partial charge is 0.379 e. The van der Waals surface area contributed by atoms with Crippen LogP contribution in [-0.4, -0.2) is 66.4 Å². The molecule has 0 radical (unpaired) electrons. The highest BCUT2D eigenvalue weighted by Gasteiger charge is 2.16. The number of aromatic nitrogens is 2. The molecular formula is C15H19N5O4. The van der Waals surface area contributed by atoms with E-state index in [4.69, 9.17) is 4.74 Å². The van der Waals surface area contributed by atoms with E-state index in [0.29, 0.717) is 23.3 Å². The van der Waals surface area contributed by atoms with Crippen LogP contribution < -0.4 is 10.6 Å². The van der Waals surface area contributed by atoms with Gasteiger partial charge in [0.1, 0.15) is 5.52 Å². The molecule has 0 atom stereocenters. The number of ether oxygens (including phenoxy) is 1. The zero-order valence-corrected chi connectivity index (χ0v) is 13.2. The van der Waals surface area contributed by atoms with Crippen molar-refractivity contribution in [3.8, 4) is 0 Å². The first-order valence-corrected chi connectivity index (χ1v) is 7.84. The Balaban J connectivity index is 1.43. The lowest BCUT2D eigenvalue weighted by atomic mass is 10.2. The Morgan fingerprint density at radius 3 is 2.83 bits per heavy atom. The Kier molecular flexibility index (Phi) is 5.34. The number of benzene rings is 1. The maximum Gasteiger partial charge on any atom is 0.313 e. The van der Waals surface area contributed by atoms with Gasteiger partial charge in [-0.15, -0.1) is 0 Å². The van der Waals surface area contributed by atoms with Gasteiger partial charge in [0.25, 0.3) is 0 Å². The van der Waals surface area contributed by atoms with E-state index in [9.17, 15) is 9.59 Å². The van der Waals surface area contributed by atoms with E-state index in [2.05, 4.69) is 30.5 Å². The number of nitrogens with one attached hydrogen (secondary N) is 2. The Morgan fingerprint density at radius 2 is 2.00 bits per heavy atom. The molecular weight excluding hydrogens is 314 g/mol. The first-order chi connectivity index (χ1) is 11.7. The molecule has 1 aromatic heterocycles. The lowest BCUT2D eigenvalue weighted by molar-refractivity contribution is -0.136. The number of rotatable bonds is 5. The molecule has 2 N–H and O–H groups in total. The fourth-order valence-corrected chi connectivity index (χ4v) is 2.50. The van der Waals surface area contributed by atoms with Crippen molar-refractivity contribution in [1.82, 2.24) is 20.5 Å². The number of hydrogen-bond acceptors (Lipinski definition) is 7. The molecule has 9 nitrogen and oxygen atoms in total. The quantitative estimate of drug-likeness (QED) is 0.585. The van der Waals surface area contributed by atoms with Crippen LogP contribution in [0.5, 0.6) is 0 Å². The van der Waals surface area contributed by atoms with E-state index in [-0.39, 0.29) is 0 Å². The second-order valence-electron chi connectivity index (χ2n) is 5.46. The summed E-state index contributed by atoms with van der Waals surface area (Å²) in [6.45, 7) is 4.62. The van der Waals surface area contributed by atoms with Gasteiger partial charge >= 0.3 is 11.8 Å². The fraction of sp³-hybridized carbons (Fsp3) is 0.467. The lowest BCUT2D eigenvalue weighted by Gasteiger charge is -2.26. The predicted octanol–water partition coefficient (Wildman–Crippen LogP) is -0.000200. The smallest absolute Gasteiger partial charge is 0.313 e. The van der Waals surface area contributed by atoms with Gasteiger partial charge in [0.05, 0.1) is 18.9 Å². The summed E-state index contributed by atoms with van der Waals surface area (Å²) < 4.78 is 9.90. The number of carbonyl (C=O) groups excluding carboxylic acids is 2. The zero-order valence-electron chi connectivity index (χ0n) is 13.2. The van der Waals surface area contributed by atoms with Crippen molar-refractivity contribution >= 4 is 28.5 Å². The normalized spacial score (nSPS) is 15.3. The van der Waals surface area contributed by atoms with Gasteiger partial charge in [0.15, 0.2) is 5.52 Å². The van der Waals surface area contributed by atoms with E-state index in [1.54, 1.807) is 18.2 Å². The number of amides is 2. The molecule has 1 aromatic carbocycles.